The third kappa shape index (κ3) is 7.92. The lowest BCUT2D eigenvalue weighted by atomic mass is 10.2. The lowest BCUT2D eigenvalue weighted by Gasteiger charge is -2.09. The molecule has 3 N–H and O–H groups in total. The van der Waals surface area contributed by atoms with Crippen LogP contribution in [0.2, 0.25) is 0 Å². The van der Waals surface area contributed by atoms with Gasteiger partial charge in [0, 0.05) is 36.7 Å². The van der Waals surface area contributed by atoms with Crippen molar-refractivity contribution >= 4 is 23.3 Å². The topological polar surface area (TPSA) is 79.5 Å². The van der Waals surface area contributed by atoms with E-state index in [9.17, 15) is 9.59 Å². The maximum absolute atomic E-state index is 12.1. The van der Waals surface area contributed by atoms with Crippen molar-refractivity contribution in [2.24, 2.45) is 0 Å². The van der Waals surface area contributed by atoms with Crippen molar-refractivity contribution in [2.75, 3.05) is 30.4 Å². The van der Waals surface area contributed by atoms with Gasteiger partial charge >= 0.3 is 6.03 Å². The smallest absolute Gasteiger partial charge is 0.323 e. The summed E-state index contributed by atoms with van der Waals surface area (Å²) in [5.74, 6) is -0.135. The van der Waals surface area contributed by atoms with Crippen LogP contribution in [0.5, 0.6) is 0 Å². The Labute approximate surface area is 160 Å². The Balaban J connectivity index is 1.70. The number of ether oxygens (including phenoxy) is 1. The van der Waals surface area contributed by atoms with E-state index in [0.717, 1.165) is 25.9 Å². The number of nitrogens with one attached hydrogen (secondary N) is 3. The lowest BCUT2D eigenvalue weighted by molar-refractivity contribution is 0.0940. The summed E-state index contributed by atoms with van der Waals surface area (Å²) in [6.45, 7) is 4.13. The zero-order chi connectivity index (χ0) is 19.3. The zero-order valence-electron chi connectivity index (χ0n) is 15.7. The van der Waals surface area contributed by atoms with E-state index in [2.05, 4.69) is 22.9 Å². The Bertz CT molecular complexity index is 702. The number of anilines is 2. The average Bonchev–Trinajstić information content (AvgIpc) is 2.68. The summed E-state index contributed by atoms with van der Waals surface area (Å²) in [5.41, 5.74) is 1.88. The molecule has 0 atom stereocenters. The monoisotopic (exact) mass is 369 g/mol. The Morgan fingerprint density at radius 3 is 2.15 bits per heavy atom. The number of urea groups is 1. The van der Waals surface area contributed by atoms with Gasteiger partial charge in [0.25, 0.3) is 5.91 Å². The van der Waals surface area contributed by atoms with Crippen molar-refractivity contribution in [1.82, 2.24) is 5.32 Å². The highest BCUT2D eigenvalue weighted by Crippen LogP contribution is 2.11. The Morgan fingerprint density at radius 1 is 0.852 bits per heavy atom. The molecule has 2 aromatic rings. The van der Waals surface area contributed by atoms with Crippen LogP contribution >= 0.6 is 0 Å². The van der Waals surface area contributed by atoms with Gasteiger partial charge in [0.1, 0.15) is 0 Å². The molecule has 0 bridgehead atoms. The largest absolute Gasteiger partial charge is 0.381 e. The number of amides is 3. The summed E-state index contributed by atoms with van der Waals surface area (Å²) in [6, 6.07) is 15.6. The third-order valence-corrected chi connectivity index (χ3v) is 3.83. The van der Waals surface area contributed by atoms with Crippen molar-refractivity contribution in [3.63, 3.8) is 0 Å². The summed E-state index contributed by atoms with van der Waals surface area (Å²) in [7, 11) is 0. The van der Waals surface area contributed by atoms with E-state index in [1.807, 2.05) is 30.3 Å². The molecule has 0 aromatic heterocycles. The van der Waals surface area contributed by atoms with Gasteiger partial charge in [-0.25, -0.2) is 4.79 Å². The number of unbranched alkanes of at least 4 members (excludes halogenated alkanes) is 1. The molecule has 27 heavy (non-hydrogen) atoms. The highest BCUT2D eigenvalue weighted by molar-refractivity contribution is 6.00. The number of para-hydroxylation sites is 1. The number of hydrogen-bond donors (Lipinski definition) is 3. The molecule has 6 heteroatoms. The van der Waals surface area contributed by atoms with Gasteiger partial charge in [-0.15, -0.1) is 0 Å². The fourth-order valence-corrected chi connectivity index (χ4v) is 2.35. The molecule has 0 saturated carbocycles. The van der Waals surface area contributed by atoms with Crippen LogP contribution in [0.15, 0.2) is 54.6 Å². The van der Waals surface area contributed by atoms with E-state index in [0.29, 0.717) is 30.1 Å². The van der Waals surface area contributed by atoms with Crippen LogP contribution in [0.25, 0.3) is 0 Å². The molecule has 0 heterocycles. The Morgan fingerprint density at radius 2 is 1.48 bits per heavy atom. The molecule has 0 aliphatic carbocycles. The number of benzene rings is 2. The number of carbonyl (C=O) groups excluding carboxylic acids is 2. The second-order valence-corrected chi connectivity index (χ2v) is 6.10. The van der Waals surface area contributed by atoms with E-state index in [4.69, 9.17) is 4.74 Å². The predicted octanol–water partition coefficient (Wildman–Crippen LogP) is 4.27. The normalized spacial score (nSPS) is 10.3. The lowest BCUT2D eigenvalue weighted by Crippen LogP contribution is -2.25. The van der Waals surface area contributed by atoms with Gasteiger partial charge in [-0.1, -0.05) is 31.5 Å². The van der Waals surface area contributed by atoms with Gasteiger partial charge in [-0.2, -0.15) is 0 Å². The average molecular weight is 369 g/mol. The first-order chi connectivity index (χ1) is 13.2. The number of hydrogen-bond acceptors (Lipinski definition) is 3. The summed E-state index contributed by atoms with van der Waals surface area (Å²) in [5, 5.41) is 8.34. The van der Waals surface area contributed by atoms with Gasteiger partial charge in [0.2, 0.25) is 0 Å². The summed E-state index contributed by atoms with van der Waals surface area (Å²) in [4.78, 5) is 24.1. The van der Waals surface area contributed by atoms with Gasteiger partial charge in [-0.05, 0) is 49.2 Å². The van der Waals surface area contributed by atoms with E-state index in [1.165, 1.54) is 0 Å². The highest BCUT2D eigenvalue weighted by Gasteiger charge is 2.06. The first-order valence-corrected chi connectivity index (χ1v) is 9.28. The number of rotatable bonds is 10. The maximum Gasteiger partial charge on any atom is 0.323 e. The van der Waals surface area contributed by atoms with E-state index < -0.39 is 0 Å². The molecule has 144 valence electrons. The van der Waals surface area contributed by atoms with Gasteiger partial charge in [-0.3, -0.25) is 4.79 Å². The Hall–Kier alpha value is -2.86. The fraction of sp³-hybridized carbons (Fsp3) is 0.333. The van der Waals surface area contributed by atoms with Crippen LogP contribution in [0.1, 0.15) is 36.5 Å². The molecule has 0 spiro atoms. The second-order valence-electron chi connectivity index (χ2n) is 6.10. The van der Waals surface area contributed by atoms with Crippen molar-refractivity contribution in [3.05, 3.63) is 60.2 Å². The van der Waals surface area contributed by atoms with Crippen molar-refractivity contribution in [2.45, 2.75) is 26.2 Å². The first-order valence-electron chi connectivity index (χ1n) is 9.28. The molecule has 3 amide bonds. The third-order valence-electron chi connectivity index (χ3n) is 3.83. The zero-order valence-corrected chi connectivity index (χ0v) is 15.7. The van der Waals surface area contributed by atoms with Gasteiger partial charge in [0.05, 0.1) is 0 Å². The van der Waals surface area contributed by atoms with E-state index in [1.54, 1.807) is 24.3 Å². The summed E-state index contributed by atoms with van der Waals surface area (Å²) >= 11 is 0. The molecular formula is C21H27N3O3. The first kappa shape index (κ1) is 20.5. The van der Waals surface area contributed by atoms with Crippen LogP contribution in [0, 0.1) is 0 Å². The molecule has 2 rings (SSSR count). The van der Waals surface area contributed by atoms with Gasteiger partial charge in [0.15, 0.2) is 0 Å². The summed E-state index contributed by atoms with van der Waals surface area (Å²) in [6.07, 6.45) is 2.97. The minimum atomic E-state index is -0.332. The molecule has 2 aromatic carbocycles. The van der Waals surface area contributed by atoms with Crippen molar-refractivity contribution < 1.29 is 14.3 Å². The molecule has 0 saturated heterocycles. The van der Waals surface area contributed by atoms with Crippen molar-refractivity contribution in [1.29, 1.82) is 0 Å². The van der Waals surface area contributed by atoms with E-state index in [-0.39, 0.29) is 11.9 Å². The van der Waals surface area contributed by atoms with E-state index >= 15 is 0 Å². The highest BCUT2D eigenvalue weighted by atomic mass is 16.5. The standard InChI is InChI=1S/C21H27N3O3/c1-2-3-15-27-16-7-14-22-20(25)17-10-12-19(13-11-17)24-21(26)23-18-8-5-4-6-9-18/h4-6,8-13H,2-3,7,14-16H2,1H3,(H,22,25)(H2,23,24,26). The SMILES string of the molecule is CCCCOCCCNC(=O)c1ccc(NC(=O)Nc2ccccc2)cc1. The summed E-state index contributed by atoms with van der Waals surface area (Å²) < 4.78 is 5.46. The Kier molecular flexibility index (Phi) is 8.86. The number of carbonyl (C=O) groups is 2. The van der Waals surface area contributed by atoms with Crippen LogP contribution in [-0.4, -0.2) is 31.7 Å². The minimum absolute atomic E-state index is 0.135. The molecule has 0 radical (unpaired) electrons. The minimum Gasteiger partial charge on any atom is -0.381 e. The van der Waals surface area contributed by atoms with Crippen LogP contribution < -0.4 is 16.0 Å². The molecule has 0 aliphatic rings. The molecule has 6 nitrogen and oxygen atoms in total. The van der Waals surface area contributed by atoms with Crippen molar-refractivity contribution in [3.8, 4) is 0 Å². The van der Waals surface area contributed by atoms with Crippen LogP contribution in [-0.2, 0) is 4.74 Å². The van der Waals surface area contributed by atoms with Crippen LogP contribution in [0.4, 0.5) is 16.2 Å². The maximum atomic E-state index is 12.1. The molecular weight excluding hydrogens is 342 g/mol. The fourth-order valence-electron chi connectivity index (χ4n) is 2.35. The predicted molar refractivity (Wildman–Crippen MR) is 108 cm³/mol. The quantitative estimate of drug-likeness (QED) is 0.547. The second kappa shape index (κ2) is 11.7. The van der Waals surface area contributed by atoms with Gasteiger partial charge < -0.3 is 20.7 Å². The molecule has 0 unspecified atom stereocenters. The molecule has 0 aliphatic heterocycles. The molecule has 0 fully saturated rings. The van der Waals surface area contributed by atoms with Crippen LogP contribution in [0.3, 0.4) is 0 Å².